The molecule has 1 amide bonds. The standard InChI is InChI=1S/C21H19N4O4P/c1-2-29-16(26)10-22-21(28)18-19(27)15-5-3-4-14(12-6-8-13(30)9-7-12)17(15)20-23-11-24-25(18)20/h3-9,11,27H,2,10,30H2,1H3,(H,22,28). The van der Waals surface area contributed by atoms with Gasteiger partial charge < -0.3 is 15.2 Å². The molecule has 2 aromatic heterocycles. The monoisotopic (exact) mass is 422 g/mol. The van der Waals surface area contributed by atoms with E-state index in [4.69, 9.17) is 4.74 Å². The first-order valence-corrected chi connectivity index (χ1v) is 9.86. The van der Waals surface area contributed by atoms with E-state index in [1.165, 1.54) is 10.8 Å². The Morgan fingerprint density at radius 3 is 2.70 bits per heavy atom. The van der Waals surface area contributed by atoms with Crippen LogP contribution in [0.4, 0.5) is 0 Å². The molecule has 0 spiro atoms. The molecule has 1 atom stereocenters. The number of aromatic hydroxyl groups is 1. The van der Waals surface area contributed by atoms with Crippen LogP contribution in [-0.4, -0.2) is 44.7 Å². The minimum atomic E-state index is -0.657. The number of rotatable bonds is 5. The summed E-state index contributed by atoms with van der Waals surface area (Å²) in [5, 5.41) is 19.7. The van der Waals surface area contributed by atoms with Crippen LogP contribution in [0, 0.1) is 0 Å². The summed E-state index contributed by atoms with van der Waals surface area (Å²) in [6.45, 7) is 1.57. The number of carbonyl (C=O) groups excluding carboxylic acids is 2. The molecule has 0 saturated heterocycles. The second-order valence-electron chi connectivity index (χ2n) is 6.53. The minimum absolute atomic E-state index is 0.100. The molecule has 1 unspecified atom stereocenters. The fourth-order valence-corrected chi connectivity index (χ4v) is 3.54. The van der Waals surface area contributed by atoms with E-state index in [-0.39, 0.29) is 24.6 Å². The molecule has 0 radical (unpaired) electrons. The Bertz CT molecular complexity index is 1270. The van der Waals surface area contributed by atoms with Crippen molar-refractivity contribution in [3.63, 3.8) is 0 Å². The van der Waals surface area contributed by atoms with Gasteiger partial charge in [-0.1, -0.05) is 42.5 Å². The summed E-state index contributed by atoms with van der Waals surface area (Å²) < 4.78 is 6.11. The van der Waals surface area contributed by atoms with Crippen LogP contribution in [0.15, 0.2) is 48.8 Å². The normalized spacial score (nSPS) is 11.0. The van der Waals surface area contributed by atoms with Crippen LogP contribution in [0.2, 0.25) is 0 Å². The van der Waals surface area contributed by atoms with Gasteiger partial charge in [0.1, 0.15) is 12.9 Å². The van der Waals surface area contributed by atoms with E-state index in [1.807, 2.05) is 30.3 Å². The van der Waals surface area contributed by atoms with E-state index in [0.29, 0.717) is 16.4 Å². The van der Waals surface area contributed by atoms with Gasteiger partial charge in [0.2, 0.25) is 0 Å². The number of nitrogens with one attached hydrogen (secondary N) is 1. The van der Waals surface area contributed by atoms with Crippen molar-refractivity contribution in [3.05, 3.63) is 54.5 Å². The van der Waals surface area contributed by atoms with Crippen molar-refractivity contribution in [1.82, 2.24) is 19.9 Å². The van der Waals surface area contributed by atoms with Gasteiger partial charge in [-0.05, 0) is 23.4 Å². The highest BCUT2D eigenvalue weighted by atomic mass is 31.0. The van der Waals surface area contributed by atoms with Crippen LogP contribution in [0.1, 0.15) is 17.4 Å². The molecular weight excluding hydrogens is 403 g/mol. The highest BCUT2D eigenvalue weighted by molar-refractivity contribution is 7.27. The van der Waals surface area contributed by atoms with Crippen molar-refractivity contribution in [2.24, 2.45) is 0 Å². The number of hydrogen-bond acceptors (Lipinski definition) is 6. The zero-order valence-electron chi connectivity index (χ0n) is 16.1. The fourth-order valence-electron chi connectivity index (χ4n) is 3.35. The maximum atomic E-state index is 12.8. The van der Waals surface area contributed by atoms with Gasteiger partial charge in [-0.2, -0.15) is 5.10 Å². The highest BCUT2D eigenvalue weighted by Crippen LogP contribution is 2.37. The third kappa shape index (κ3) is 3.46. The predicted molar refractivity (Wildman–Crippen MR) is 116 cm³/mol. The Hall–Kier alpha value is -3.51. The number of hydrogen-bond donors (Lipinski definition) is 2. The number of pyridine rings is 1. The molecule has 2 N–H and O–H groups in total. The van der Waals surface area contributed by atoms with E-state index >= 15 is 0 Å². The molecule has 0 fully saturated rings. The lowest BCUT2D eigenvalue weighted by molar-refractivity contribution is -0.141. The number of benzene rings is 2. The van der Waals surface area contributed by atoms with Gasteiger partial charge in [-0.3, -0.25) is 9.59 Å². The maximum Gasteiger partial charge on any atom is 0.325 e. The van der Waals surface area contributed by atoms with E-state index in [9.17, 15) is 14.7 Å². The SMILES string of the molecule is CCOC(=O)CNC(=O)c1c(O)c2cccc(-c3ccc(P)cc3)c2c2ncnn12. The Kier molecular flexibility index (Phi) is 5.33. The first-order valence-electron chi connectivity index (χ1n) is 9.28. The summed E-state index contributed by atoms with van der Waals surface area (Å²) in [6, 6.07) is 13.3. The van der Waals surface area contributed by atoms with Crippen molar-refractivity contribution in [1.29, 1.82) is 0 Å². The maximum absolute atomic E-state index is 12.8. The van der Waals surface area contributed by atoms with Crippen LogP contribution >= 0.6 is 9.24 Å². The number of carbonyl (C=O) groups is 2. The molecule has 0 aliphatic carbocycles. The van der Waals surface area contributed by atoms with Crippen LogP contribution < -0.4 is 10.6 Å². The summed E-state index contributed by atoms with van der Waals surface area (Å²) >= 11 is 0. The average molecular weight is 422 g/mol. The molecule has 4 aromatic rings. The zero-order chi connectivity index (χ0) is 21.3. The second-order valence-corrected chi connectivity index (χ2v) is 7.20. The van der Waals surface area contributed by atoms with E-state index in [2.05, 4.69) is 24.6 Å². The molecule has 2 heterocycles. The number of fused-ring (bicyclic) bond motifs is 3. The van der Waals surface area contributed by atoms with Crippen molar-refractivity contribution in [2.45, 2.75) is 6.92 Å². The first kappa shape index (κ1) is 19.8. The summed E-state index contributed by atoms with van der Waals surface area (Å²) in [7, 11) is 2.64. The molecule has 152 valence electrons. The topological polar surface area (TPSA) is 106 Å². The van der Waals surface area contributed by atoms with Crippen molar-refractivity contribution in [3.8, 4) is 16.9 Å². The highest BCUT2D eigenvalue weighted by Gasteiger charge is 2.23. The Balaban J connectivity index is 1.88. The largest absolute Gasteiger partial charge is 0.505 e. The Morgan fingerprint density at radius 1 is 1.20 bits per heavy atom. The summed E-state index contributed by atoms with van der Waals surface area (Å²) in [6.07, 6.45) is 1.32. The third-order valence-electron chi connectivity index (χ3n) is 4.66. The van der Waals surface area contributed by atoms with Crippen molar-refractivity contribution >= 4 is 42.8 Å². The summed E-state index contributed by atoms with van der Waals surface area (Å²) in [4.78, 5) is 28.7. The van der Waals surface area contributed by atoms with Crippen molar-refractivity contribution < 1.29 is 19.4 Å². The molecule has 0 aliphatic rings. The van der Waals surface area contributed by atoms with Crippen LogP contribution in [0.25, 0.3) is 27.5 Å². The van der Waals surface area contributed by atoms with E-state index < -0.39 is 11.9 Å². The van der Waals surface area contributed by atoms with Gasteiger partial charge in [0.15, 0.2) is 17.1 Å². The molecule has 0 bridgehead atoms. The predicted octanol–water partition coefficient (Wildman–Crippen LogP) is 2.05. The van der Waals surface area contributed by atoms with Gasteiger partial charge in [-0.25, -0.2) is 9.50 Å². The van der Waals surface area contributed by atoms with Gasteiger partial charge in [0.05, 0.1) is 6.61 Å². The lowest BCUT2D eigenvalue weighted by atomic mass is 9.98. The molecule has 9 heteroatoms. The second kappa shape index (κ2) is 8.08. The van der Waals surface area contributed by atoms with E-state index in [1.54, 1.807) is 19.1 Å². The van der Waals surface area contributed by atoms with Gasteiger partial charge >= 0.3 is 5.97 Å². The number of esters is 1. The molecule has 2 aromatic carbocycles. The number of aromatic nitrogens is 3. The Labute approximate surface area is 174 Å². The quantitative estimate of drug-likeness (QED) is 0.377. The first-order chi connectivity index (χ1) is 14.5. The van der Waals surface area contributed by atoms with Crippen molar-refractivity contribution in [2.75, 3.05) is 13.2 Å². The van der Waals surface area contributed by atoms with Crippen LogP contribution in [-0.2, 0) is 9.53 Å². The Morgan fingerprint density at radius 2 is 1.97 bits per heavy atom. The van der Waals surface area contributed by atoms with Gasteiger partial charge in [0.25, 0.3) is 5.91 Å². The summed E-state index contributed by atoms with van der Waals surface area (Å²) in [5.74, 6) is -1.47. The third-order valence-corrected chi connectivity index (χ3v) is 5.05. The lowest BCUT2D eigenvalue weighted by Crippen LogP contribution is -2.32. The molecule has 0 saturated carbocycles. The average Bonchev–Trinajstić information content (AvgIpc) is 3.22. The smallest absolute Gasteiger partial charge is 0.325 e. The van der Waals surface area contributed by atoms with Crippen LogP contribution in [0.5, 0.6) is 5.75 Å². The molecular formula is C21H19N4O4P. The molecule has 0 aliphatic heterocycles. The molecule has 4 rings (SSSR count). The zero-order valence-corrected chi connectivity index (χ0v) is 17.3. The molecule has 8 nitrogen and oxygen atoms in total. The van der Waals surface area contributed by atoms with Gasteiger partial charge in [0, 0.05) is 10.8 Å². The van der Waals surface area contributed by atoms with E-state index in [0.717, 1.165) is 16.4 Å². The minimum Gasteiger partial charge on any atom is -0.505 e. The summed E-state index contributed by atoms with van der Waals surface area (Å²) in [5.41, 5.74) is 2.12. The number of ether oxygens (including phenoxy) is 1. The molecule has 30 heavy (non-hydrogen) atoms. The van der Waals surface area contributed by atoms with Crippen LogP contribution in [0.3, 0.4) is 0 Å². The number of nitrogens with zero attached hydrogens (tertiary/aromatic N) is 3. The lowest BCUT2D eigenvalue weighted by Gasteiger charge is -2.14. The number of amides is 1. The fraction of sp³-hybridized carbons (Fsp3) is 0.143. The van der Waals surface area contributed by atoms with Gasteiger partial charge in [-0.15, -0.1) is 9.24 Å².